The lowest BCUT2D eigenvalue weighted by Gasteiger charge is -2.23. The molecule has 3 aromatic rings. The SMILES string of the molecule is CS(=O)(=O)CC[C@H](NC(=O)CCCNc1ccccn1)C(=O)NC(CC(=O)O)c1ccc(-c2ccccc2)cc1. The fourth-order valence-corrected chi connectivity index (χ4v) is 4.70. The highest BCUT2D eigenvalue weighted by atomic mass is 32.2. The van der Waals surface area contributed by atoms with Crippen molar-refractivity contribution in [3.8, 4) is 11.1 Å². The standard InChI is InChI=1S/C29H34N4O6S/c1-40(38,39)19-16-24(32-27(34)11-7-18-31-26-10-5-6-17-30-26)29(37)33-25(20-28(35)36)23-14-12-22(13-15-23)21-8-3-2-4-9-21/h2-6,8-10,12-15,17,24-25H,7,11,16,18-20H2,1H3,(H,30,31)(H,32,34)(H,33,37)(H,35,36)/t24-,25?/m0/s1. The molecule has 0 spiro atoms. The first-order valence-corrected chi connectivity index (χ1v) is 15.0. The summed E-state index contributed by atoms with van der Waals surface area (Å²) in [7, 11) is -3.41. The fourth-order valence-electron chi connectivity index (χ4n) is 4.04. The lowest BCUT2D eigenvalue weighted by molar-refractivity contribution is -0.138. The number of nitrogens with zero attached hydrogens (tertiary/aromatic N) is 1. The summed E-state index contributed by atoms with van der Waals surface area (Å²) < 4.78 is 23.6. The molecule has 4 N–H and O–H groups in total. The van der Waals surface area contributed by atoms with E-state index in [0.29, 0.717) is 24.3 Å². The Morgan fingerprint density at radius 1 is 0.900 bits per heavy atom. The molecule has 40 heavy (non-hydrogen) atoms. The number of pyridine rings is 1. The number of aliphatic carboxylic acids is 1. The van der Waals surface area contributed by atoms with Gasteiger partial charge in [0.1, 0.15) is 21.7 Å². The Kier molecular flexibility index (Phi) is 11.2. The van der Waals surface area contributed by atoms with Crippen LogP contribution in [0.15, 0.2) is 79.0 Å². The maximum Gasteiger partial charge on any atom is 0.305 e. The molecule has 2 atom stereocenters. The van der Waals surface area contributed by atoms with Gasteiger partial charge in [0.15, 0.2) is 0 Å². The number of nitrogens with one attached hydrogen (secondary N) is 3. The summed E-state index contributed by atoms with van der Waals surface area (Å²) in [5, 5.41) is 17.9. The predicted molar refractivity (Wildman–Crippen MR) is 153 cm³/mol. The third kappa shape index (κ3) is 10.5. The summed E-state index contributed by atoms with van der Waals surface area (Å²) >= 11 is 0. The second-order valence-electron chi connectivity index (χ2n) is 9.43. The Morgan fingerprint density at radius 2 is 1.57 bits per heavy atom. The van der Waals surface area contributed by atoms with E-state index in [2.05, 4.69) is 20.9 Å². The molecule has 0 aliphatic heterocycles. The zero-order valence-corrected chi connectivity index (χ0v) is 23.1. The Balaban J connectivity index is 1.66. The molecule has 10 nitrogen and oxygen atoms in total. The molecule has 0 radical (unpaired) electrons. The van der Waals surface area contributed by atoms with Crippen LogP contribution in [0.1, 0.15) is 37.3 Å². The minimum Gasteiger partial charge on any atom is -0.481 e. The van der Waals surface area contributed by atoms with E-state index in [9.17, 15) is 27.9 Å². The Bertz CT molecular complexity index is 1370. The van der Waals surface area contributed by atoms with Gasteiger partial charge in [-0.25, -0.2) is 13.4 Å². The second-order valence-corrected chi connectivity index (χ2v) is 11.7. The first kappa shape index (κ1) is 30.3. The molecule has 0 aliphatic carbocycles. The first-order valence-electron chi connectivity index (χ1n) is 12.9. The van der Waals surface area contributed by atoms with Gasteiger partial charge < -0.3 is 21.1 Å². The lowest BCUT2D eigenvalue weighted by Crippen LogP contribution is -2.48. The van der Waals surface area contributed by atoms with E-state index < -0.39 is 39.7 Å². The summed E-state index contributed by atoms with van der Waals surface area (Å²) in [5.74, 6) is -1.83. The third-order valence-electron chi connectivity index (χ3n) is 6.10. The van der Waals surface area contributed by atoms with Gasteiger partial charge in [-0.3, -0.25) is 14.4 Å². The van der Waals surface area contributed by atoms with Crippen molar-refractivity contribution in [2.45, 2.75) is 37.8 Å². The number of aromatic nitrogens is 1. The second kappa shape index (κ2) is 14.8. The van der Waals surface area contributed by atoms with E-state index in [4.69, 9.17) is 0 Å². The number of benzene rings is 2. The average Bonchev–Trinajstić information content (AvgIpc) is 2.93. The maximum absolute atomic E-state index is 13.2. The van der Waals surface area contributed by atoms with Crippen LogP contribution in [0, 0.1) is 0 Å². The van der Waals surface area contributed by atoms with Crippen molar-refractivity contribution in [1.29, 1.82) is 0 Å². The number of carboxylic acids is 1. The van der Waals surface area contributed by atoms with Crippen LogP contribution in [0.3, 0.4) is 0 Å². The molecular formula is C29H34N4O6S. The van der Waals surface area contributed by atoms with E-state index in [-0.39, 0.29) is 25.0 Å². The van der Waals surface area contributed by atoms with Gasteiger partial charge in [-0.15, -0.1) is 0 Å². The summed E-state index contributed by atoms with van der Waals surface area (Å²) in [4.78, 5) is 41.6. The highest BCUT2D eigenvalue weighted by molar-refractivity contribution is 7.90. The Hall–Kier alpha value is -4.25. The average molecular weight is 567 g/mol. The molecule has 0 aliphatic rings. The molecular weight excluding hydrogens is 532 g/mol. The fraction of sp³-hybridized carbons (Fsp3) is 0.310. The molecule has 1 unspecified atom stereocenters. The van der Waals surface area contributed by atoms with Crippen molar-refractivity contribution in [3.63, 3.8) is 0 Å². The zero-order valence-electron chi connectivity index (χ0n) is 22.2. The van der Waals surface area contributed by atoms with E-state index in [1.807, 2.05) is 48.5 Å². The van der Waals surface area contributed by atoms with Gasteiger partial charge in [0.2, 0.25) is 11.8 Å². The van der Waals surface area contributed by atoms with Crippen molar-refractivity contribution >= 4 is 33.4 Å². The van der Waals surface area contributed by atoms with Crippen molar-refractivity contribution in [1.82, 2.24) is 15.6 Å². The van der Waals surface area contributed by atoms with E-state index in [1.165, 1.54) is 0 Å². The summed E-state index contributed by atoms with van der Waals surface area (Å²) in [6.07, 6.45) is 2.72. The molecule has 2 aromatic carbocycles. The summed E-state index contributed by atoms with van der Waals surface area (Å²) in [6, 6.07) is 20.2. The summed E-state index contributed by atoms with van der Waals surface area (Å²) in [5.41, 5.74) is 2.50. The van der Waals surface area contributed by atoms with Crippen molar-refractivity contribution < 1.29 is 27.9 Å². The molecule has 0 fully saturated rings. The number of anilines is 1. The number of carboxylic acid groups (broad SMARTS) is 1. The number of carbonyl (C=O) groups is 3. The largest absolute Gasteiger partial charge is 0.481 e. The Labute approximate surface area is 234 Å². The number of rotatable bonds is 15. The number of hydrogen-bond donors (Lipinski definition) is 4. The number of hydrogen-bond acceptors (Lipinski definition) is 7. The molecule has 1 heterocycles. The predicted octanol–water partition coefficient (Wildman–Crippen LogP) is 3.19. The number of carbonyl (C=O) groups excluding carboxylic acids is 2. The minimum absolute atomic E-state index is 0.0992. The van der Waals surface area contributed by atoms with Gasteiger partial charge in [-0.05, 0) is 41.7 Å². The van der Waals surface area contributed by atoms with Crippen molar-refractivity contribution in [2.75, 3.05) is 23.9 Å². The van der Waals surface area contributed by atoms with Crippen LogP contribution in [-0.4, -0.2) is 60.9 Å². The Morgan fingerprint density at radius 3 is 2.20 bits per heavy atom. The smallest absolute Gasteiger partial charge is 0.305 e. The van der Waals surface area contributed by atoms with Crippen LogP contribution in [-0.2, 0) is 24.2 Å². The van der Waals surface area contributed by atoms with Crippen molar-refractivity contribution in [2.24, 2.45) is 0 Å². The van der Waals surface area contributed by atoms with Gasteiger partial charge >= 0.3 is 5.97 Å². The third-order valence-corrected chi connectivity index (χ3v) is 7.07. The molecule has 0 bridgehead atoms. The minimum atomic E-state index is -3.41. The first-order chi connectivity index (χ1) is 19.1. The van der Waals surface area contributed by atoms with Crippen LogP contribution in [0.5, 0.6) is 0 Å². The topological polar surface area (TPSA) is 155 Å². The number of amides is 2. The van der Waals surface area contributed by atoms with E-state index in [1.54, 1.807) is 30.5 Å². The van der Waals surface area contributed by atoms with Crippen LogP contribution in [0.4, 0.5) is 5.82 Å². The van der Waals surface area contributed by atoms with Crippen LogP contribution in [0.25, 0.3) is 11.1 Å². The highest BCUT2D eigenvalue weighted by Gasteiger charge is 2.26. The van der Waals surface area contributed by atoms with Crippen LogP contribution >= 0.6 is 0 Å². The normalized spacial score (nSPS) is 12.6. The van der Waals surface area contributed by atoms with Gasteiger partial charge in [-0.1, -0.05) is 60.7 Å². The van der Waals surface area contributed by atoms with E-state index in [0.717, 1.165) is 17.4 Å². The molecule has 0 saturated heterocycles. The number of sulfone groups is 1. The molecule has 1 aromatic heterocycles. The van der Waals surface area contributed by atoms with Crippen LogP contribution < -0.4 is 16.0 Å². The zero-order chi connectivity index (χ0) is 29.0. The molecule has 212 valence electrons. The van der Waals surface area contributed by atoms with E-state index >= 15 is 0 Å². The van der Waals surface area contributed by atoms with Crippen molar-refractivity contribution in [3.05, 3.63) is 84.6 Å². The molecule has 3 rings (SSSR count). The monoisotopic (exact) mass is 566 g/mol. The highest BCUT2D eigenvalue weighted by Crippen LogP contribution is 2.23. The van der Waals surface area contributed by atoms with Gasteiger partial charge in [-0.2, -0.15) is 0 Å². The quantitative estimate of drug-likeness (QED) is 0.205. The molecule has 0 saturated carbocycles. The van der Waals surface area contributed by atoms with Gasteiger partial charge in [0, 0.05) is 25.4 Å². The lowest BCUT2D eigenvalue weighted by atomic mass is 9.98. The van der Waals surface area contributed by atoms with Gasteiger partial charge in [0.05, 0.1) is 18.2 Å². The molecule has 2 amide bonds. The molecule has 11 heteroatoms. The maximum atomic E-state index is 13.2. The van der Waals surface area contributed by atoms with Crippen LogP contribution in [0.2, 0.25) is 0 Å². The summed E-state index contributed by atoms with van der Waals surface area (Å²) in [6.45, 7) is 0.476. The van der Waals surface area contributed by atoms with Gasteiger partial charge in [0.25, 0.3) is 0 Å².